The average molecular weight is 229 g/mol. The Bertz CT molecular complexity index is 414. The summed E-state index contributed by atoms with van der Waals surface area (Å²) in [6.07, 6.45) is 2.00. The van der Waals surface area contributed by atoms with Crippen LogP contribution in [0.5, 0.6) is 0 Å². The topological polar surface area (TPSA) is 66.4 Å². The van der Waals surface area contributed by atoms with Gasteiger partial charge in [-0.2, -0.15) is 8.42 Å². The van der Waals surface area contributed by atoms with E-state index in [-0.39, 0.29) is 0 Å². The second-order valence-corrected chi connectivity index (χ2v) is 4.81. The average Bonchev–Trinajstić information content (AvgIpc) is 2.15. The van der Waals surface area contributed by atoms with E-state index >= 15 is 0 Å². The maximum absolute atomic E-state index is 10.5. The number of anilines is 1. The van der Waals surface area contributed by atoms with E-state index < -0.39 is 16.0 Å². The lowest BCUT2D eigenvalue weighted by Gasteiger charge is -2.06. The zero-order valence-electron chi connectivity index (χ0n) is 8.60. The molecule has 0 heterocycles. The quantitative estimate of drug-likeness (QED) is 0.757. The third-order valence-electron chi connectivity index (χ3n) is 1.92. The van der Waals surface area contributed by atoms with Crippen LogP contribution in [0.1, 0.15) is 18.9 Å². The molecular weight excluding hydrogens is 214 g/mol. The van der Waals surface area contributed by atoms with Crippen LogP contribution in [0.15, 0.2) is 24.3 Å². The summed E-state index contributed by atoms with van der Waals surface area (Å²) in [4.78, 5) is 0. The van der Waals surface area contributed by atoms with E-state index in [1.165, 1.54) is 0 Å². The molecule has 0 saturated heterocycles. The van der Waals surface area contributed by atoms with E-state index in [0.29, 0.717) is 5.69 Å². The molecule has 1 aromatic rings. The minimum absolute atomic E-state index is 0.456. The minimum atomic E-state index is -3.96. The van der Waals surface area contributed by atoms with Crippen molar-refractivity contribution < 1.29 is 13.0 Å². The molecule has 1 rings (SSSR count). The Morgan fingerprint density at radius 3 is 2.73 bits per heavy atom. The summed E-state index contributed by atoms with van der Waals surface area (Å²) in [7, 11) is -3.96. The lowest BCUT2D eigenvalue weighted by Crippen LogP contribution is -2.12. The van der Waals surface area contributed by atoms with E-state index in [4.69, 9.17) is 4.55 Å². The van der Waals surface area contributed by atoms with Gasteiger partial charge in [0.15, 0.2) is 0 Å². The molecule has 4 nitrogen and oxygen atoms in total. The molecule has 0 saturated carbocycles. The van der Waals surface area contributed by atoms with Crippen LogP contribution in [0.2, 0.25) is 0 Å². The zero-order chi connectivity index (χ0) is 11.3. The summed E-state index contributed by atoms with van der Waals surface area (Å²) in [6, 6.07) is 7.50. The summed E-state index contributed by atoms with van der Waals surface area (Å²) in [5.41, 5.74) is 1.86. The van der Waals surface area contributed by atoms with Crippen molar-refractivity contribution in [3.05, 3.63) is 29.8 Å². The van der Waals surface area contributed by atoms with E-state index in [0.717, 1.165) is 18.4 Å². The van der Waals surface area contributed by atoms with Crippen LogP contribution in [-0.4, -0.2) is 18.8 Å². The van der Waals surface area contributed by atoms with Gasteiger partial charge in [0.05, 0.1) is 0 Å². The van der Waals surface area contributed by atoms with Crippen LogP contribution in [-0.2, 0) is 16.5 Å². The summed E-state index contributed by atoms with van der Waals surface area (Å²) in [6.45, 7) is 2.08. The standard InChI is InChI=1S/C10H15NO3S/c1-2-4-9-5-3-6-10(7-9)11-8-15(12,13)14/h3,5-7,11H,2,4,8H2,1H3,(H,12,13,14). The van der Waals surface area contributed by atoms with Gasteiger partial charge in [-0.1, -0.05) is 25.5 Å². The first kappa shape index (κ1) is 12.0. The number of hydrogen-bond donors (Lipinski definition) is 2. The van der Waals surface area contributed by atoms with Crippen LogP contribution in [0.25, 0.3) is 0 Å². The van der Waals surface area contributed by atoms with Crippen LogP contribution < -0.4 is 5.32 Å². The summed E-state index contributed by atoms with van der Waals surface area (Å²) < 4.78 is 29.6. The summed E-state index contributed by atoms with van der Waals surface area (Å²) in [5, 5.41) is 2.65. The second-order valence-electron chi connectivity index (χ2n) is 3.35. The molecule has 0 aliphatic heterocycles. The zero-order valence-corrected chi connectivity index (χ0v) is 9.42. The molecule has 0 bridgehead atoms. The maximum Gasteiger partial charge on any atom is 0.283 e. The van der Waals surface area contributed by atoms with Gasteiger partial charge >= 0.3 is 0 Å². The summed E-state index contributed by atoms with van der Waals surface area (Å²) in [5.74, 6) is -0.456. The highest BCUT2D eigenvalue weighted by Gasteiger charge is 2.03. The lowest BCUT2D eigenvalue weighted by atomic mass is 10.1. The fraction of sp³-hybridized carbons (Fsp3) is 0.400. The van der Waals surface area contributed by atoms with Gasteiger partial charge < -0.3 is 5.32 Å². The van der Waals surface area contributed by atoms with Crippen LogP contribution in [0.3, 0.4) is 0 Å². The molecule has 0 aromatic heterocycles. The molecule has 0 radical (unpaired) electrons. The lowest BCUT2D eigenvalue weighted by molar-refractivity contribution is 0.485. The Morgan fingerprint density at radius 1 is 1.40 bits per heavy atom. The summed E-state index contributed by atoms with van der Waals surface area (Å²) >= 11 is 0. The predicted molar refractivity (Wildman–Crippen MR) is 60.5 cm³/mol. The fourth-order valence-electron chi connectivity index (χ4n) is 1.30. The van der Waals surface area contributed by atoms with Crippen molar-refractivity contribution in [2.24, 2.45) is 0 Å². The molecule has 2 N–H and O–H groups in total. The molecule has 0 fully saturated rings. The molecule has 0 aliphatic rings. The third kappa shape index (κ3) is 4.80. The monoisotopic (exact) mass is 229 g/mol. The van der Waals surface area contributed by atoms with Crippen LogP contribution >= 0.6 is 0 Å². The maximum atomic E-state index is 10.5. The first-order valence-electron chi connectivity index (χ1n) is 4.79. The van der Waals surface area contributed by atoms with E-state index in [1.54, 1.807) is 6.07 Å². The van der Waals surface area contributed by atoms with Crippen LogP contribution in [0.4, 0.5) is 5.69 Å². The van der Waals surface area contributed by atoms with Crippen molar-refractivity contribution in [1.82, 2.24) is 0 Å². The third-order valence-corrected chi connectivity index (χ3v) is 2.43. The normalized spacial score (nSPS) is 11.3. The van der Waals surface area contributed by atoms with Gasteiger partial charge in [-0.25, -0.2) is 0 Å². The smallest absolute Gasteiger partial charge is 0.283 e. The van der Waals surface area contributed by atoms with Crippen molar-refractivity contribution in [3.8, 4) is 0 Å². The molecule has 5 heteroatoms. The van der Waals surface area contributed by atoms with Crippen molar-refractivity contribution in [1.29, 1.82) is 0 Å². The van der Waals surface area contributed by atoms with Gasteiger partial charge in [0, 0.05) is 5.69 Å². The molecular formula is C10H15NO3S. The number of rotatable bonds is 5. The highest BCUT2D eigenvalue weighted by atomic mass is 32.2. The fourth-order valence-corrected chi connectivity index (χ4v) is 1.65. The molecule has 15 heavy (non-hydrogen) atoms. The molecule has 1 aromatic carbocycles. The number of benzene rings is 1. The molecule has 84 valence electrons. The largest absolute Gasteiger partial charge is 0.370 e. The van der Waals surface area contributed by atoms with Crippen molar-refractivity contribution >= 4 is 15.8 Å². The second kappa shape index (κ2) is 5.14. The Kier molecular flexibility index (Phi) is 4.11. The molecule has 0 aliphatic carbocycles. The van der Waals surface area contributed by atoms with E-state index in [1.807, 2.05) is 18.2 Å². The Morgan fingerprint density at radius 2 is 2.13 bits per heavy atom. The number of aryl methyl sites for hydroxylation is 1. The van der Waals surface area contributed by atoms with Gasteiger partial charge in [-0.05, 0) is 24.1 Å². The molecule has 0 atom stereocenters. The SMILES string of the molecule is CCCc1cccc(NCS(=O)(=O)O)c1. The Labute approximate surface area is 90.1 Å². The number of hydrogen-bond acceptors (Lipinski definition) is 3. The highest BCUT2D eigenvalue weighted by molar-refractivity contribution is 7.85. The molecule has 0 unspecified atom stereocenters. The number of nitrogens with one attached hydrogen (secondary N) is 1. The van der Waals surface area contributed by atoms with Crippen molar-refractivity contribution in [2.45, 2.75) is 19.8 Å². The molecule has 0 amide bonds. The predicted octanol–water partition coefficient (Wildman–Crippen LogP) is 1.90. The molecule has 0 spiro atoms. The Hall–Kier alpha value is -1.07. The van der Waals surface area contributed by atoms with Gasteiger partial charge in [0.2, 0.25) is 0 Å². The van der Waals surface area contributed by atoms with Crippen molar-refractivity contribution in [3.63, 3.8) is 0 Å². The minimum Gasteiger partial charge on any atom is -0.370 e. The van der Waals surface area contributed by atoms with Gasteiger partial charge in [-0.3, -0.25) is 4.55 Å². The first-order chi connectivity index (χ1) is 7.01. The van der Waals surface area contributed by atoms with Crippen LogP contribution in [0, 0.1) is 0 Å². The highest BCUT2D eigenvalue weighted by Crippen LogP contribution is 2.12. The van der Waals surface area contributed by atoms with Gasteiger partial charge in [0.25, 0.3) is 10.1 Å². The van der Waals surface area contributed by atoms with E-state index in [2.05, 4.69) is 12.2 Å². The first-order valence-corrected chi connectivity index (χ1v) is 6.40. The Balaban J connectivity index is 2.65. The van der Waals surface area contributed by atoms with E-state index in [9.17, 15) is 8.42 Å². The van der Waals surface area contributed by atoms with Gasteiger partial charge in [-0.15, -0.1) is 0 Å². The van der Waals surface area contributed by atoms with Gasteiger partial charge in [0.1, 0.15) is 5.88 Å². The van der Waals surface area contributed by atoms with Crippen molar-refractivity contribution in [2.75, 3.05) is 11.2 Å².